The van der Waals surface area contributed by atoms with E-state index in [4.69, 9.17) is 0 Å². The van der Waals surface area contributed by atoms with Crippen LogP contribution in [0.25, 0.3) is 15.8 Å². The van der Waals surface area contributed by atoms with Crippen molar-refractivity contribution in [3.8, 4) is 0 Å². The summed E-state index contributed by atoms with van der Waals surface area (Å²) in [4.78, 5) is 42.4. The van der Waals surface area contributed by atoms with Crippen molar-refractivity contribution < 1.29 is 4.79 Å². The average Bonchev–Trinajstić information content (AvgIpc) is 3.31. The van der Waals surface area contributed by atoms with Crippen molar-refractivity contribution in [3.63, 3.8) is 0 Å². The predicted octanol–water partition coefficient (Wildman–Crippen LogP) is 3.73. The highest BCUT2D eigenvalue weighted by molar-refractivity contribution is 7.17. The van der Waals surface area contributed by atoms with E-state index < -0.39 is 5.69 Å². The monoisotopic (exact) mass is 443 g/mol. The van der Waals surface area contributed by atoms with Gasteiger partial charge in [-0.05, 0) is 46.7 Å². The second kappa shape index (κ2) is 8.43. The van der Waals surface area contributed by atoms with Crippen molar-refractivity contribution in [2.45, 2.75) is 13.0 Å². The minimum absolute atomic E-state index is 0.0186. The molecule has 0 radical (unpaired) electrons. The number of fused-ring (bicyclic) bond motifs is 1. The van der Waals surface area contributed by atoms with E-state index in [0.717, 1.165) is 12.0 Å². The van der Waals surface area contributed by atoms with Crippen molar-refractivity contribution in [1.29, 1.82) is 0 Å². The summed E-state index contributed by atoms with van der Waals surface area (Å²) in [6.07, 6.45) is 2.94. The highest BCUT2D eigenvalue weighted by atomic mass is 32.1. The molecule has 0 saturated carbocycles. The summed E-state index contributed by atoms with van der Waals surface area (Å²) in [6, 6.07) is 19.1. The van der Waals surface area contributed by atoms with Crippen LogP contribution in [-0.4, -0.2) is 33.4 Å². The molecular weight excluding hydrogens is 422 g/mol. The van der Waals surface area contributed by atoms with E-state index in [1.54, 1.807) is 35.7 Å². The number of amides is 1. The Morgan fingerprint density at radius 3 is 2.50 bits per heavy atom. The van der Waals surface area contributed by atoms with Gasteiger partial charge in [0.25, 0.3) is 11.5 Å². The zero-order valence-electron chi connectivity index (χ0n) is 17.3. The van der Waals surface area contributed by atoms with Crippen molar-refractivity contribution in [2.75, 3.05) is 13.1 Å². The summed E-state index contributed by atoms with van der Waals surface area (Å²) in [7, 11) is 0. The molecule has 0 spiro atoms. The quantitative estimate of drug-likeness (QED) is 0.522. The maximum absolute atomic E-state index is 12.9. The van der Waals surface area contributed by atoms with Crippen molar-refractivity contribution in [2.24, 2.45) is 0 Å². The molecule has 2 aromatic carbocycles. The van der Waals surface area contributed by atoms with Gasteiger partial charge >= 0.3 is 5.69 Å². The molecule has 1 N–H and O–H groups in total. The highest BCUT2D eigenvalue weighted by Crippen LogP contribution is 2.23. The molecule has 32 heavy (non-hydrogen) atoms. The van der Waals surface area contributed by atoms with E-state index >= 15 is 0 Å². The summed E-state index contributed by atoms with van der Waals surface area (Å²) < 4.78 is 1.72. The molecule has 160 valence electrons. The number of hydrogen-bond donors (Lipinski definition) is 1. The van der Waals surface area contributed by atoms with Crippen LogP contribution in [-0.2, 0) is 6.54 Å². The molecule has 0 saturated heterocycles. The molecular formula is C25H21N3O3S. The first-order chi connectivity index (χ1) is 15.6. The van der Waals surface area contributed by atoms with Crippen LogP contribution < -0.4 is 11.2 Å². The fourth-order valence-corrected chi connectivity index (χ4v) is 4.80. The van der Waals surface area contributed by atoms with E-state index in [9.17, 15) is 14.4 Å². The van der Waals surface area contributed by atoms with Gasteiger partial charge in [-0.1, -0.05) is 48.5 Å². The predicted molar refractivity (Wildman–Crippen MR) is 127 cm³/mol. The summed E-state index contributed by atoms with van der Waals surface area (Å²) in [5.74, 6) is -0.0186. The topological polar surface area (TPSA) is 75.2 Å². The first-order valence-electron chi connectivity index (χ1n) is 10.4. The molecule has 0 unspecified atom stereocenters. The molecule has 6 nitrogen and oxygen atoms in total. The number of carbonyl (C=O) groups is 1. The number of aromatic amines is 1. The lowest BCUT2D eigenvalue weighted by Crippen LogP contribution is -2.35. The lowest BCUT2D eigenvalue weighted by atomic mass is 9.99. The van der Waals surface area contributed by atoms with Gasteiger partial charge in [0.05, 0.1) is 12.1 Å². The number of H-pyrrole nitrogens is 1. The number of benzene rings is 2. The van der Waals surface area contributed by atoms with Crippen LogP contribution in [0.4, 0.5) is 0 Å². The molecule has 0 fully saturated rings. The number of nitrogens with one attached hydrogen (secondary N) is 1. The molecule has 1 amide bonds. The second-order valence-electron chi connectivity index (χ2n) is 7.78. The minimum atomic E-state index is -0.435. The molecule has 3 heterocycles. The van der Waals surface area contributed by atoms with Gasteiger partial charge in [0, 0.05) is 18.7 Å². The molecule has 0 aliphatic carbocycles. The smallest absolute Gasteiger partial charge is 0.329 e. The van der Waals surface area contributed by atoms with Crippen LogP contribution in [0.3, 0.4) is 0 Å². The van der Waals surface area contributed by atoms with Crippen LogP contribution in [0.5, 0.6) is 0 Å². The fourth-order valence-electron chi connectivity index (χ4n) is 4.00. The van der Waals surface area contributed by atoms with Gasteiger partial charge in [-0.25, -0.2) is 4.79 Å². The summed E-state index contributed by atoms with van der Waals surface area (Å²) in [5, 5.41) is 1.78. The van der Waals surface area contributed by atoms with Crippen LogP contribution >= 0.6 is 11.3 Å². The Morgan fingerprint density at radius 1 is 1.00 bits per heavy atom. The largest absolute Gasteiger partial charge is 0.335 e. The fraction of sp³-hybridized carbons (Fsp3) is 0.160. The van der Waals surface area contributed by atoms with Crippen molar-refractivity contribution in [3.05, 3.63) is 110 Å². The first kappa shape index (κ1) is 20.2. The van der Waals surface area contributed by atoms with Gasteiger partial charge < -0.3 is 9.88 Å². The number of thiophene rings is 1. The van der Waals surface area contributed by atoms with Gasteiger partial charge in [0.2, 0.25) is 0 Å². The second-order valence-corrected chi connectivity index (χ2v) is 8.69. The molecule has 2 aromatic heterocycles. The Morgan fingerprint density at radius 2 is 1.78 bits per heavy atom. The summed E-state index contributed by atoms with van der Waals surface area (Å²) in [5.41, 5.74) is 3.69. The van der Waals surface area contributed by atoms with Crippen molar-refractivity contribution >= 4 is 33.0 Å². The first-order valence-corrected chi connectivity index (χ1v) is 11.3. The standard InChI is InChI=1S/C25H21N3O3S/c29-23(27-13-10-19(11-14-27)18-4-2-1-3-5-18)20-8-6-17(7-9-20)16-28-24(30)22-21(12-15-32-22)26-25(28)31/h1-10,12,15H,11,13-14,16H2,(H,26,31). The van der Waals surface area contributed by atoms with Crippen molar-refractivity contribution in [1.82, 2.24) is 14.5 Å². The highest BCUT2D eigenvalue weighted by Gasteiger charge is 2.19. The molecule has 7 heteroatoms. The maximum atomic E-state index is 12.9. The Labute approximate surface area is 188 Å². The lowest BCUT2D eigenvalue weighted by molar-refractivity contribution is 0.0773. The Balaban J connectivity index is 1.30. The van der Waals surface area contributed by atoms with Gasteiger partial charge in [-0.2, -0.15) is 0 Å². The number of hydrogen-bond acceptors (Lipinski definition) is 4. The normalized spacial score (nSPS) is 13.9. The van der Waals surface area contributed by atoms with Crippen LogP contribution in [0.1, 0.15) is 27.9 Å². The lowest BCUT2D eigenvalue weighted by Gasteiger charge is -2.27. The third-order valence-electron chi connectivity index (χ3n) is 5.77. The van der Waals surface area contributed by atoms with E-state index in [-0.39, 0.29) is 18.0 Å². The van der Waals surface area contributed by atoms with Crippen LogP contribution in [0.2, 0.25) is 0 Å². The Kier molecular flexibility index (Phi) is 5.33. The van der Waals surface area contributed by atoms with Gasteiger partial charge in [0.1, 0.15) is 4.70 Å². The minimum Gasteiger partial charge on any atom is -0.335 e. The molecule has 0 bridgehead atoms. The Bertz CT molecular complexity index is 1430. The Hall–Kier alpha value is -3.71. The number of rotatable bonds is 4. The summed E-state index contributed by atoms with van der Waals surface area (Å²) >= 11 is 1.31. The van der Waals surface area contributed by atoms with Gasteiger partial charge in [0.15, 0.2) is 0 Å². The third kappa shape index (κ3) is 3.83. The van der Waals surface area contributed by atoms with E-state index in [1.165, 1.54) is 27.0 Å². The maximum Gasteiger partial charge on any atom is 0.329 e. The van der Waals surface area contributed by atoms with Crippen LogP contribution in [0.15, 0.2) is 81.7 Å². The van der Waals surface area contributed by atoms with E-state index in [1.807, 2.05) is 23.1 Å². The number of aromatic nitrogens is 2. The molecule has 4 aromatic rings. The molecule has 5 rings (SSSR count). The van der Waals surface area contributed by atoms with E-state index in [2.05, 4.69) is 23.2 Å². The van der Waals surface area contributed by atoms with Crippen LogP contribution in [0, 0.1) is 0 Å². The van der Waals surface area contributed by atoms with E-state index in [0.29, 0.717) is 28.9 Å². The average molecular weight is 444 g/mol. The molecule has 1 aliphatic heterocycles. The SMILES string of the molecule is O=C(c1ccc(Cn2c(=O)[nH]c3ccsc3c2=O)cc1)N1CC=C(c2ccccc2)CC1. The number of carbonyl (C=O) groups excluding carboxylic acids is 1. The zero-order chi connectivity index (χ0) is 22.1. The molecule has 1 aliphatic rings. The molecule has 0 atom stereocenters. The number of nitrogens with zero attached hydrogens (tertiary/aromatic N) is 2. The van der Waals surface area contributed by atoms with Gasteiger partial charge in [-0.15, -0.1) is 11.3 Å². The summed E-state index contributed by atoms with van der Waals surface area (Å²) in [6.45, 7) is 1.41. The van der Waals surface area contributed by atoms with Gasteiger partial charge in [-0.3, -0.25) is 14.2 Å². The third-order valence-corrected chi connectivity index (χ3v) is 6.68. The zero-order valence-corrected chi connectivity index (χ0v) is 18.1.